The highest BCUT2D eigenvalue weighted by atomic mass is 35.5. The highest BCUT2D eigenvalue weighted by Crippen LogP contribution is 2.25. The number of amides is 1. The summed E-state index contributed by atoms with van der Waals surface area (Å²) in [6, 6.07) is 1.69. The molecule has 2 rings (SSSR count). The maximum Gasteiger partial charge on any atom is 0.253 e. The lowest BCUT2D eigenvalue weighted by molar-refractivity contribution is -0.126. The van der Waals surface area contributed by atoms with Crippen molar-refractivity contribution in [3.63, 3.8) is 0 Å². The van der Waals surface area contributed by atoms with Crippen LogP contribution in [0.5, 0.6) is 0 Å². The Bertz CT molecular complexity index is 437. The van der Waals surface area contributed by atoms with Crippen molar-refractivity contribution in [1.82, 2.24) is 4.98 Å². The number of pyridine rings is 1. The third-order valence-corrected chi connectivity index (χ3v) is 3.32. The normalized spacial score (nSPS) is 23.7. The van der Waals surface area contributed by atoms with Crippen molar-refractivity contribution in [2.75, 3.05) is 5.32 Å². The summed E-state index contributed by atoms with van der Waals surface area (Å²) in [7, 11) is 0. The van der Waals surface area contributed by atoms with Gasteiger partial charge in [0, 0.05) is 6.20 Å². The van der Waals surface area contributed by atoms with Crippen molar-refractivity contribution >= 4 is 23.2 Å². The van der Waals surface area contributed by atoms with Gasteiger partial charge in [0.15, 0.2) is 0 Å². The van der Waals surface area contributed by atoms with Gasteiger partial charge in [0.2, 0.25) is 0 Å². The first-order valence-corrected chi connectivity index (χ1v) is 6.03. The minimum Gasteiger partial charge on any atom is -0.365 e. The topological polar surface area (TPSA) is 51.2 Å². The number of nitrogens with zero attached hydrogens (tertiary/aromatic N) is 1. The molecule has 0 bridgehead atoms. The van der Waals surface area contributed by atoms with Crippen LogP contribution in [0.4, 0.5) is 5.69 Å². The summed E-state index contributed by atoms with van der Waals surface area (Å²) in [5, 5.41) is 3.26. The van der Waals surface area contributed by atoms with Crippen molar-refractivity contribution in [2.24, 2.45) is 0 Å². The van der Waals surface area contributed by atoms with Gasteiger partial charge in [-0.25, -0.2) is 0 Å². The number of rotatable bonds is 2. The highest BCUT2D eigenvalue weighted by molar-refractivity contribution is 6.34. The Morgan fingerprint density at radius 2 is 2.35 bits per heavy atom. The van der Waals surface area contributed by atoms with Crippen LogP contribution in [0.3, 0.4) is 0 Å². The summed E-state index contributed by atoms with van der Waals surface area (Å²) >= 11 is 6.05. The van der Waals surface area contributed by atoms with Crippen molar-refractivity contribution < 1.29 is 9.53 Å². The summed E-state index contributed by atoms with van der Waals surface area (Å²) in [4.78, 5) is 16.0. The van der Waals surface area contributed by atoms with Crippen LogP contribution in [0.15, 0.2) is 12.3 Å². The molecule has 2 heterocycles. The molecule has 0 radical (unpaired) electrons. The van der Waals surface area contributed by atoms with E-state index >= 15 is 0 Å². The van der Waals surface area contributed by atoms with E-state index < -0.39 is 0 Å². The number of hydrogen-bond acceptors (Lipinski definition) is 3. The molecule has 1 N–H and O–H groups in total. The van der Waals surface area contributed by atoms with E-state index in [1.54, 1.807) is 19.2 Å². The van der Waals surface area contributed by atoms with E-state index in [4.69, 9.17) is 16.3 Å². The largest absolute Gasteiger partial charge is 0.365 e. The molecular formula is C12H15ClN2O2. The second-order valence-electron chi connectivity index (χ2n) is 4.26. The van der Waals surface area contributed by atoms with E-state index in [9.17, 15) is 4.79 Å². The molecule has 92 valence electrons. The van der Waals surface area contributed by atoms with Crippen LogP contribution in [-0.2, 0) is 9.53 Å². The number of anilines is 1. The molecule has 1 amide bonds. The van der Waals surface area contributed by atoms with Crippen molar-refractivity contribution in [1.29, 1.82) is 0 Å². The maximum absolute atomic E-state index is 11.9. The zero-order valence-corrected chi connectivity index (χ0v) is 10.6. The van der Waals surface area contributed by atoms with Crippen LogP contribution in [-0.4, -0.2) is 23.1 Å². The van der Waals surface area contributed by atoms with Gasteiger partial charge in [0.25, 0.3) is 5.91 Å². The van der Waals surface area contributed by atoms with E-state index in [0.717, 1.165) is 12.8 Å². The Kier molecular flexibility index (Phi) is 3.64. The molecule has 0 spiro atoms. The summed E-state index contributed by atoms with van der Waals surface area (Å²) in [5.41, 5.74) is 1.29. The van der Waals surface area contributed by atoms with Gasteiger partial charge in [-0.3, -0.25) is 9.78 Å². The number of aromatic nitrogens is 1. The molecule has 0 unspecified atom stereocenters. The second kappa shape index (κ2) is 5.02. The van der Waals surface area contributed by atoms with Gasteiger partial charge in [0.05, 0.1) is 22.5 Å². The fourth-order valence-electron chi connectivity index (χ4n) is 1.85. The number of halogens is 1. The predicted molar refractivity (Wildman–Crippen MR) is 66.2 cm³/mol. The van der Waals surface area contributed by atoms with E-state index in [0.29, 0.717) is 16.4 Å². The van der Waals surface area contributed by atoms with Crippen molar-refractivity contribution in [3.05, 3.63) is 23.0 Å². The Morgan fingerprint density at radius 1 is 1.59 bits per heavy atom. The van der Waals surface area contributed by atoms with Gasteiger partial charge in [-0.1, -0.05) is 11.6 Å². The minimum absolute atomic E-state index is 0.137. The third kappa shape index (κ3) is 2.76. The van der Waals surface area contributed by atoms with Gasteiger partial charge >= 0.3 is 0 Å². The molecule has 1 aliphatic heterocycles. The number of hydrogen-bond donors (Lipinski definition) is 1. The monoisotopic (exact) mass is 254 g/mol. The second-order valence-corrected chi connectivity index (χ2v) is 4.64. The van der Waals surface area contributed by atoms with Gasteiger partial charge in [-0.2, -0.15) is 0 Å². The fraction of sp³-hybridized carbons (Fsp3) is 0.500. The first-order valence-electron chi connectivity index (χ1n) is 5.65. The smallest absolute Gasteiger partial charge is 0.253 e. The Labute approximate surface area is 105 Å². The van der Waals surface area contributed by atoms with E-state index in [1.165, 1.54) is 0 Å². The first kappa shape index (κ1) is 12.3. The highest BCUT2D eigenvalue weighted by Gasteiger charge is 2.28. The van der Waals surface area contributed by atoms with Crippen LogP contribution in [0.1, 0.15) is 25.5 Å². The van der Waals surface area contributed by atoms with Crippen molar-refractivity contribution in [3.8, 4) is 0 Å². The molecular weight excluding hydrogens is 240 g/mol. The quantitative estimate of drug-likeness (QED) is 0.882. The average molecular weight is 255 g/mol. The fourth-order valence-corrected chi connectivity index (χ4v) is 2.01. The van der Waals surface area contributed by atoms with Gasteiger partial charge in [-0.05, 0) is 32.8 Å². The van der Waals surface area contributed by atoms with E-state index in [-0.39, 0.29) is 18.1 Å². The predicted octanol–water partition coefficient (Wildman–Crippen LogP) is 2.55. The number of carbonyl (C=O) groups is 1. The molecule has 1 aromatic heterocycles. The maximum atomic E-state index is 11.9. The molecule has 1 fully saturated rings. The molecule has 0 aliphatic carbocycles. The summed E-state index contributed by atoms with van der Waals surface area (Å²) in [6.07, 6.45) is 3.08. The van der Waals surface area contributed by atoms with E-state index in [1.807, 2.05) is 6.92 Å². The molecule has 5 heteroatoms. The number of nitrogens with one attached hydrogen (secondary N) is 1. The lowest BCUT2D eigenvalue weighted by atomic mass is 10.2. The molecule has 0 saturated carbocycles. The number of ether oxygens (including phenoxy) is 1. The molecule has 4 nitrogen and oxygen atoms in total. The Balaban J connectivity index is 2.06. The zero-order chi connectivity index (χ0) is 12.4. The first-order chi connectivity index (χ1) is 8.08. The molecule has 1 saturated heterocycles. The standard InChI is InChI=1S/C12H15ClN2O2/c1-7-3-4-10(17-7)12(16)15-9-5-6-14-8(2)11(9)13/h5-7,10H,3-4H2,1-2H3,(H,14,15,16)/t7-,10-/m0/s1. The van der Waals surface area contributed by atoms with Crippen LogP contribution < -0.4 is 5.32 Å². The molecule has 2 atom stereocenters. The van der Waals surface area contributed by atoms with Crippen LogP contribution in [0.25, 0.3) is 0 Å². The molecule has 17 heavy (non-hydrogen) atoms. The van der Waals surface area contributed by atoms with Crippen LogP contribution in [0, 0.1) is 6.92 Å². The summed E-state index contributed by atoms with van der Waals surface area (Å²) in [6.45, 7) is 3.77. The van der Waals surface area contributed by atoms with Gasteiger partial charge in [0.1, 0.15) is 6.10 Å². The lowest BCUT2D eigenvalue weighted by Crippen LogP contribution is -2.27. The molecule has 1 aliphatic rings. The Morgan fingerprint density at radius 3 is 3.00 bits per heavy atom. The lowest BCUT2D eigenvalue weighted by Gasteiger charge is -2.13. The zero-order valence-electron chi connectivity index (χ0n) is 9.87. The third-order valence-electron chi connectivity index (χ3n) is 2.85. The summed E-state index contributed by atoms with van der Waals surface area (Å²) < 4.78 is 5.49. The number of carbonyl (C=O) groups excluding carboxylic acids is 1. The SMILES string of the molecule is Cc1nccc(NC(=O)[C@@H]2CC[C@H](C)O2)c1Cl. The van der Waals surface area contributed by atoms with Crippen LogP contribution in [0.2, 0.25) is 5.02 Å². The molecule has 0 aromatic carbocycles. The van der Waals surface area contributed by atoms with Crippen LogP contribution >= 0.6 is 11.6 Å². The minimum atomic E-state index is -0.366. The van der Waals surface area contributed by atoms with Gasteiger partial charge < -0.3 is 10.1 Å². The van der Waals surface area contributed by atoms with Crippen molar-refractivity contribution in [2.45, 2.75) is 38.9 Å². The average Bonchev–Trinajstić information content (AvgIpc) is 2.72. The van der Waals surface area contributed by atoms with E-state index in [2.05, 4.69) is 10.3 Å². The Hall–Kier alpha value is -1.13. The molecule has 1 aromatic rings. The number of aryl methyl sites for hydroxylation is 1. The van der Waals surface area contributed by atoms with Gasteiger partial charge in [-0.15, -0.1) is 0 Å². The summed E-state index contributed by atoms with van der Waals surface area (Å²) in [5.74, 6) is -0.137.